The van der Waals surface area contributed by atoms with Crippen LogP contribution in [0.3, 0.4) is 0 Å². The van der Waals surface area contributed by atoms with E-state index in [2.05, 4.69) is 5.32 Å². The summed E-state index contributed by atoms with van der Waals surface area (Å²) in [4.78, 5) is 30.4. The van der Waals surface area contributed by atoms with Crippen molar-refractivity contribution in [2.75, 3.05) is 0 Å². The molecule has 0 atom stereocenters. The van der Waals surface area contributed by atoms with Crippen molar-refractivity contribution in [3.63, 3.8) is 0 Å². The second kappa shape index (κ2) is 6.85. The summed E-state index contributed by atoms with van der Waals surface area (Å²) in [5, 5.41) is 10.0. The standard InChI is InChI=1S/C18H9ClN4O2S3/c19-10-5-3-9(4-6-10)14-11(8-13-15(24)21-18(25)27-13)23-17(20-14)28-16(22-23)12-2-1-7-26-12/h1-8H,(H,21,24,25)/b13-8-. The number of thioether (sulfide) groups is 1. The number of nitrogens with zero attached hydrogens (tertiary/aromatic N) is 3. The summed E-state index contributed by atoms with van der Waals surface area (Å²) in [6.45, 7) is 0. The first-order chi connectivity index (χ1) is 13.6. The molecule has 0 unspecified atom stereocenters. The van der Waals surface area contributed by atoms with E-state index in [1.165, 1.54) is 11.3 Å². The van der Waals surface area contributed by atoms with Gasteiger partial charge in [-0.05, 0) is 41.4 Å². The predicted molar refractivity (Wildman–Crippen MR) is 114 cm³/mol. The van der Waals surface area contributed by atoms with Gasteiger partial charge in [-0.15, -0.1) is 11.3 Å². The number of benzene rings is 1. The van der Waals surface area contributed by atoms with Crippen LogP contribution in [-0.4, -0.2) is 25.7 Å². The number of aromatic nitrogens is 3. The number of carbonyl (C=O) groups is 2. The molecular weight excluding hydrogens is 436 g/mol. The number of imidazole rings is 1. The van der Waals surface area contributed by atoms with E-state index >= 15 is 0 Å². The number of fused-ring (bicyclic) bond motifs is 1. The molecule has 0 saturated carbocycles. The maximum Gasteiger partial charge on any atom is 0.290 e. The highest BCUT2D eigenvalue weighted by atomic mass is 35.5. The summed E-state index contributed by atoms with van der Waals surface area (Å²) < 4.78 is 1.72. The van der Waals surface area contributed by atoms with Gasteiger partial charge in [-0.2, -0.15) is 5.10 Å². The lowest BCUT2D eigenvalue weighted by Gasteiger charge is -2.01. The smallest absolute Gasteiger partial charge is 0.282 e. The third-order valence-corrected chi connectivity index (χ3v) is 7.01. The first-order valence-electron chi connectivity index (χ1n) is 8.03. The van der Waals surface area contributed by atoms with E-state index in [0.717, 1.165) is 27.2 Å². The monoisotopic (exact) mass is 444 g/mol. The zero-order valence-corrected chi connectivity index (χ0v) is 17.1. The van der Waals surface area contributed by atoms with E-state index in [-0.39, 0.29) is 5.24 Å². The molecular formula is C18H9ClN4O2S3. The largest absolute Gasteiger partial charge is 0.290 e. The molecule has 4 heterocycles. The molecule has 1 aliphatic heterocycles. The highest BCUT2D eigenvalue weighted by Gasteiger charge is 2.27. The summed E-state index contributed by atoms with van der Waals surface area (Å²) in [7, 11) is 0. The van der Waals surface area contributed by atoms with Crippen LogP contribution in [0, 0.1) is 0 Å². The van der Waals surface area contributed by atoms with Crippen LogP contribution in [0.1, 0.15) is 5.69 Å². The second-order valence-electron chi connectivity index (χ2n) is 5.78. The molecule has 2 amide bonds. The van der Waals surface area contributed by atoms with Gasteiger partial charge < -0.3 is 0 Å². The van der Waals surface area contributed by atoms with E-state index in [4.69, 9.17) is 21.7 Å². The minimum Gasteiger partial charge on any atom is -0.282 e. The summed E-state index contributed by atoms with van der Waals surface area (Å²) in [6.07, 6.45) is 1.66. The van der Waals surface area contributed by atoms with Crippen molar-refractivity contribution in [3.8, 4) is 21.1 Å². The molecule has 28 heavy (non-hydrogen) atoms. The van der Waals surface area contributed by atoms with Crippen molar-refractivity contribution in [1.29, 1.82) is 0 Å². The van der Waals surface area contributed by atoms with E-state index < -0.39 is 5.91 Å². The Bertz CT molecular complexity index is 1260. The van der Waals surface area contributed by atoms with Gasteiger partial charge in [-0.3, -0.25) is 14.9 Å². The Morgan fingerprint density at radius 1 is 1.14 bits per heavy atom. The van der Waals surface area contributed by atoms with Crippen LogP contribution in [0.2, 0.25) is 5.02 Å². The number of carbonyl (C=O) groups excluding carboxylic acids is 2. The number of imide groups is 1. The Morgan fingerprint density at radius 3 is 2.64 bits per heavy atom. The Morgan fingerprint density at radius 2 is 1.96 bits per heavy atom. The highest BCUT2D eigenvalue weighted by Crippen LogP contribution is 2.35. The molecule has 0 bridgehead atoms. The number of hydrogen-bond donors (Lipinski definition) is 1. The van der Waals surface area contributed by atoms with Crippen molar-refractivity contribution in [2.45, 2.75) is 0 Å². The Hall–Kier alpha value is -2.46. The second-order valence-corrected chi connectivity index (χ2v) is 9.14. The molecule has 5 rings (SSSR count). The average Bonchev–Trinajstić information content (AvgIpc) is 3.42. The molecule has 0 spiro atoms. The van der Waals surface area contributed by atoms with Gasteiger partial charge in [0.05, 0.1) is 21.2 Å². The van der Waals surface area contributed by atoms with E-state index in [9.17, 15) is 9.59 Å². The van der Waals surface area contributed by atoms with Crippen molar-refractivity contribution in [1.82, 2.24) is 19.9 Å². The molecule has 1 N–H and O–H groups in total. The van der Waals surface area contributed by atoms with E-state index in [0.29, 0.717) is 26.3 Å². The first-order valence-corrected chi connectivity index (χ1v) is 10.9. The Labute approximate surface area is 175 Å². The van der Waals surface area contributed by atoms with Gasteiger partial charge in [0.1, 0.15) is 0 Å². The molecule has 3 aromatic heterocycles. The molecule has 1 saturated heterocycles. The van der Waals surface area contributed by atoms with Gasteiger partial charge in [-0.1, -0.05) is 41.1 Å². The third-order valence-electron chi connectivity index (χ3n) is 4.00. The summed E-state index contributed by atoms with van der Waals surface area (Å²) in [5.41, 5.74) is 2.17. The lowest BCUT2D eigenvalue weighted by atomic mass is 10.1. The topological polar surface area (TPSA) is 76.4 Å². The Balaban J connectivity index is 1.71. The van der Waals surface area contributed by atoms with Gasteiger partial charge >= 0.3 is 0 Å². The minimum absolute atomic E-state index is 0.313. The number of halogens is 1. The fourth-order valence-corrected chi connectivity index (χ4v) is 5.24. The van der Waals surface area contributed by atoms with Crippen LogP contribution >= 0.6 is 46.0 Å². The van der Waals surface area contributed by atoms with E-state index in [1.807, 2.05) is 29.6 Å². The molecule has 1 fully saturated rings. The van der Waals surface area contributed by atoms with E-state index in [1.54, 1.807) is 34.1 Å². The summed E-state index contributed by atoms with van der Waals surface area (Å²) in [6, 6.07) is 11.3. The van der Waals surface area contributed by atoms with Crippen LogP contribution in [0.15, 0.2) is 46.7 Å². The number of thiophene rings is 1. The third kappa shape index (κ3) is 3.06. The quantitative estimate of drug-likeness (QED) is 0.441. The summed E-state index contributed by atoms with van der Waals surface area (Å²) in [5.74, 6) is -0.416. The fourth-order valence-electron chi connectivity index (χ4n) is 2.76. The molecule has 4 aromatic rings. The number of nitrogens with one attached hydrogen (secondary N) is 1. The molecule has 0 aliphatic carbocycles. The Kier molecular flexibility index (Phi) is 4.31. The van der Waals surface area contributed by atoms with Crippen molar-refractivity contribution < 1.29 is 9.59 Å². The van der Waals surface area contributed by atoms with Gasteiger partial charge in [-0.25, -0.2) is 9.50 Å². The van der Waals surface area contributed by atoms with Crippen LogP contribution in [0.25, 0.3) is 32.2 Å². The van der Waals surface area contributed by atoms with Crippen molar-refractivity contribution in [3.05, 3.63) is 57.4 Å². The van der Waals surface area contributed by atoms with Crippen molar-refractivity contribution >= 4 is 68.2 Å². The molecule has 10 heteroatoms. The number of amides is 2. The van der Waals surface area contributed by atoms with Gasteiger partial charge in [0.15, 0.2) is 5.01 Å². The zero-order valence-electron chi connectivity index (χ0n) is 13.9. The lowest BCUT2D eigenvalue weighted by Crippen LogP contribution is -2.17. The SMILES string of the molecule is O=C1NC(=O)/C(=C/c2c(-c3ccc(Cl)cc3)nc3sc(-c4cccs4)nn23)S1. The molecule has 1 aromatic carbocycles. The van der Waals surface area contributed by atoms with Crippen LogP contribution in [0.5, 0.6) is 0 Å². The minimum atomic E-state index is -0.416. The molecule has 1 aliphatic rings. The fraction of sp³-hybridized carbons (Fsp3) is 0. The van der Waals surface area contributed by atoms with Crippen molar-refractivity contribution in [2.24, 2.45) is 0 Å². The zero-order chi connectivity index (χ0) is 19.3. The first kappa shape index (κ1) is 17.6. The van der Waals surface area contributed by atoms with Gasteiger partial charge in [0.2, 0.25) is 4.96 Å². The average molecular weight is 445 g/mol. The van der Waals surface area contributed by atoms with Gasteiger partial charge in [0, 0.05) is 10.6 Å². The maximum absolute atomic E-state index is 12.0. The summed E-state index contributed by atoms with van der Waals surface area (Å²) >= 11 is 9.94. The maximum atomic E-state index is 12.0. The number of rotatable bonds is 3. The predicted octanol–water partition coefficient (Wildman–Crippen LogP) is 5.16. The lowest BCUT2D eigenvalue weighted by molar-refractivity contribution is -0.115. The molecule has 6 nitrogen and oxygen atoms in total. The van der Waals surface area contributed by atoms with Gasteiger partial charge in [0.25, 0.3) is 11.1 Å². The molecule has 0 radical (unpaired) electrons. The van der Waals surface area contributed by atoms with Crippen LogP contribution < -0.4 is 5.32 Å². The van der Waals surface area contributed by atoms with Crippen LogP contribution in [0.4, 0.5) is 4.79 Å². The molecule has 138 valence electrons. The number of hydrogen-bond acceptors (Lipinski definition) is 7. The van der Waals surface area contributed by atoms with Crippen LogP contribution in [-0.2, 0) is 4.79 Å². The normalized spacial score (nSPS) is 15.7. The highest BCUT2D eigenvalue weighted by molar-refractivity contribution is 8.18.